The molecule has 0 nitrogen and oxygen atoms in total. The average Bonchev–Trinajstić information content (AvgIpc) is 2.78. The molecule has 0 aromatic heterocycles. The quantitative estimate of drug-likeness (QED) is 0.0564. The Kier molecular flexibility index (Phi) is 25.0. The van der Waals surface area contributed by atoms with Gasteiger partial charge in [0.2, 0.25) is 0 Å². The zero-order valence-electron chi connectivity index (χ0n) is 19.9. The molecule has 194 valence electrons. The Hall–Kier alpha value is 2.80. The van der Waals surface area contributed by atoms with Crippen LogP contribution < -0.4 is 0 Å². The highest BCUT2D eigenvalue weighted by molar-refractivity contribution is 7.82. The van der Waals surface area contributed by atoms with Crippen molar-refractivity contribution in [3.8, 4) is 0 Å². The summed E-state index contributed by atoms with van der Waals surface area (Å²) in [5.74, 6) is 0.954. The van der Waals surface area contributed by atoms with Crippen LogP contribution in [0.2, 0.25) is 0 Å². The van der Waals surface area contributed by atoms with E-state index in [0.29, 0.717) is 36.7 Å². The van der Waals surface area contributed by atoms with Gasteiger partial charge in [0.1, 0.15) is 0 Å². The van der Waals surface area contributed by atoms with Gasteiger partial charge in [-0.2, -0.15) is 101 Å². The Morgan fingerprint density at radius 1 is 0.375 bits per heavy atom. The van der Waals surface area contributed by atoms with Gasteiger partial charge in [-0.25, -0.2) is 0 Å². The van der Waals surface area contributed by atoms with Crippen LogP contribution in [0.5, 0.6) is 0 Å². The second-order valence-electron chi connectivity index (χ2n) is 9.31. The molecule has 5 unspecified atom stereocenters. The third-order valence-electron chi connectivity index (χ3n) is 6.17. The molecule has 0 saturated heterocycles. The highest BCUT2D eigenvalue weighted by Gasteiger charge is 2.14. The zero-order valence-corrected chi connectivity index (χ0v) is 27.1. The van der Waals surface area contributed by atoms with Crippen molar-refractivity contribution < 1.29 is 0 Å². The Morgan fingerprint density at radius 2 is 0.594 bits per heavy atom. The highest BCUT2D eigenvalue weighted by Crippen LogP contribution is 2.25. The lowest BCUT2D eigenvalue weighted by molar-refractivity contribution is 0.548. The molecule has 0 heterocycles. The summed E-state index contributed by atoms with van der Waals surface area (Å²) in [6.45, 7) is 2.20. The molecule has 0 amide bonds. The van der Waals surface area contributed by atoms with Gasteiger partial charge in [-0.15, -0.1) is 0 Å². The van der Waals surface area contributed by atoms with Crippen molar-refractivity contribution in [1.29, 1.82) is 0 Å². The standard InChI is InChI=1S/C24H50S8/c1-2-18(26)5-6-20(28)9-10-22(30)13-14-24(32)16-15-23(31)12-11-21(29)8-7-19(27)4-3-17-25/h18-32H,2-17H2,1H3/t18?,19-,20?,21?,22?,23?,24+/m0/s1. The van der Waals surface area contributed by atoms with E-state index in [0.717, 1.165) is 102 Å². The fraction of sp³-hybridized carbons (Fsp3) is 1.00. The van der Waals surface area contributed by atoms with Crippen molar-refractivity contribution in [2.24, 2.45) is 0 Å². The zero-order chi connectivity index (χ0) is 24.4. The minimum absolute atomic E-state index is 0.448. The van der Waals surface area contributed by atoms with Crippen molar-refractivity contribution in [2.75, 3.05) is 5.75 Å². The van der Waals surface area contributed by atoms with Gasteiger partial charge in [0.25, 0.3) is 0 Å². The van der Waals surface area contributed by atoms with Crippen molar-refractivity contribution in [3.63, 3.8) is 0 Å². The van der Waals surface area contributed by atoms with E-state index in [1.807, 2.05) is 0 Å². The number of hydrogen-bond acceptors (Lipinski definition) is 8. The lowest BCUT2D eigenvalue weighted by atomic mass is 10.0. The first kappa shape index (κ1) is 34.8. The second-order valence-corrected chi connectivity index (χ2v) is 14.9. The summed E-state index contributed by atoms with van der Waals surface area (Å²) in [6.07, 6.45) is 17.1. The summed E-state index contributed by atoms with van der Waals surface area (Å²) in [7, 11) is 0. The maximum absolute atomic E-state index is 4.83. The van der Waals surface area contributed by atoms with E-state index in [9.17, 15) is 0 Å². The van der Waals surface area contributed by atoms with Crippen LogP contribution in [-0.2, 0) is 0 Å². The van der Waals surface area contributed by atoms with E-state index in [1.165, 1.54) is 0 Å². The minimum Gasteiger partial charge on any atom is -0.179 e. The first-order chi connectivity index (χ1) is 15.2. The van der Waals surface area contributed by atoms with Crippen molar-refractivity contribution in [2.45, 2.75) is 140 Å². The van der Waals surface area contributed by atoms with Crippen LogP contribution in [-0.4, -0.2) is 42.5 Å². The van der Waals surface area contributed by atoms with Crippen LogP contribution in [0.3, 0.4) is 0 Å². The molecule has 0 fully saturated rings. The van der Waals surface area contributed by atoms with Crippen molar-refractivity contribution in [1.82, 2.24) is 0 Å². The molecule has 0 aliphatic rings. The van der Waals surface area contributed by atoms with Crippen LogP contribution in [0.15, 0.2) is 0 Å². The summed E-state index contributed by atoms with van der Waals surface area (Å²) >= 11 is 37.5. The molecule has 0 saturated carbocycles. The van der Waals surface area contributed by atoms with Crippen LogP contribution in [0, 0.1) is 0 Å². The van der Waals surface area contributed by atoms with Crippen molar-refractivity contribution >= 4 is 101 Å². The topological polar surface area (TPSA) is 0 Å². The van der Waals surface area contributed by atoms with E-state index >= 15 is 0 Å². The molecular weight excluding hydrogens is 545 g/mol. The Labute approximate surface area is 244 Å². The predicted octanol–water partition coefficient (Wildman–Crippen LogP) is 8.88. The summed E-state index contributed by atoms with van der Waals surface area (Å²) in [5, 5.41) is 3.30. The van der Waals surface area contributed by atoms with E-state index in [4.69, 9.17) is 63.1 Å². The van der Waals surface area contributed by atoms with E-state index < -0.39 is 0 Å². The summed E-state index contributed by atoms with van der Waals surface area (Å²) < 4.78 is 0. The predicted molar refractivity (Wildman–Crippen MR) is 178 cm³/mol. The Morgan fingerprint density at radius 3 is 0.812 bits per heavy atom. The molecule has 0 spiro atoms. The fourth-order valence-corrected chi connectivity index (χ4v) is 5.86. The van der Waals surface area contributed by atoms with E-state index in [-0.39, 0.29) is 0 Å². The van der Waals surface area contributed by atoms with Gasteiger partial charge in [0.05, 0.1) is 0 Å². The molecule has 0 aliphatic heterocycles. The maximum atomic E-state index is 4.83. The minimum atomic E-state index is 0.448. The largest absolute Gasteiger partial charge is 0.179 e. The smallest absolute Gasteiger partial charge is 0.00176 e. The van der Waals surface area contributed by atoms with Gasteiger partial charge >= 0.3 is 0 Å². The third-order valence-corrected chi connectivity index (χ3v) is 10.2. The van der Waals surface area contributed by atoms with Crippen LogP contribution in [0.1, 0.15) is 103 Å². The average molecular weight is 595 g/mol. The molecule has 7 atom stereocenters. The molecule has 0 aliphatic carbocycles. The van der Waals surface area contributed by atoms with Gasteiger partial charge in [-0.3, -0.25) is 0 Å². The van der Waals surface area contributed by atoms with Crippen LogP contribution in [0.25, 0.3) is 0 Å². The van der Waals surface area contributed by atoms with Gasteiger partial charge in [0.15, 0.2) is 0 Å². The number of hydrogen-bond donors (Lipinski definition) is 8. The molecule has 0 aromatic carbocycles. The molecule has 0 aromatic rings. The summed E-state index contributed by atoms with van der Waals surface area (Å²) in [6, 6.07) is 0. The highest BCUT2D eigenvalue weighted by atomic mass is 32.1. The van der Waals surface area contributed by atoms with Crippen LogP contribution >= 0.6 is 101 Å². The third kappa shape index (κ3) is 22.0. The summed E-state index contributed by atoms with van der Waals surface area (Å²) in [4.78, 5) is 0. The molecular formula is C24H50S8. The second kappa shape index (κ2) is 23.0. The van der Waals surface area contributed by atoms with Crippen LogP contribution in [0.4, 0.5) is 0 Å². The first-order valence-corrected chi connectivity index (χ1v) is 16.8. The Bertz CT molecular complexity index is 411. The normalized spacial score (nSPS) is 18.7. The number of thiol groups is 8. The van der Waals surface area contributed by atoms with E-state index in [1.54, 1.807) is 0 Å². The SMILES string of the molecule is CCC(S)CCC(S)CCC(S)CC[C@@H](S)CCC(S)CCC(S)CC[C@@H](S)CCCS. The molecule has 0 bridgehead atoms. The van der Waals surface area contributed by atoms with E-state index in [2.05, 4.69) is 44.8 Å². The lowest BCUT2D eigenvalue weighted by Crippen LogP contribution is -2.12. The fourth-order valence-electron chi connectivity index (χ4n) is 3.71. The molecule has 0 rings (SSSR count). The van der Waals surface area contributed by atoms with Gasteiger partial charge in [-0.05, 0) is 102 Å². The number of rotatable bonds is 22. The molecule has 32 heavy (non-hydrogen) atoms. The molecule has 0 radical (unpaired) electrons. The van der Waals surface area contributed by atoms with Gasteiger partial charge in [-0.1, -0.05) is 6.92 Å². The summed E-state index contributed by atoms with van der Waals surface area (Å²) in [5.41, 5.74) is 0. The monoisotopic (exact) mass is 594 g/mol. The Balaban J connectivity index is 3.79. The van der Waals surface area contributed by atoms with Gasteiger partial charge in [0, 0.05) is 36.7 Å². The lowest BCUT2D eigenvalue weighted by Gasteiger charge is -2.19. The van der Waals surface area contributed by atoms with Gasteiger partial charge < -0.3 is 0 Å². The maximum Gasteiger partial charge on any atom is 0.00176 e. The molecule has 0 N–H and O–H groups in total. The molecule has 8 heteroatoms. The first-order valence-electron chi connectivity index (χ1n) is 12.5. The van der Waals surface area contributed by atoms with Crippen molar-refractivity contribution in [3.05, 3.63) is 0 Å².